The molecular weight excluding hydrogens is 312 g/mol. The fourth-order valence-electron chi connectivity index (χ4n) is 2.67. The molecule has 0 saturated heterocycles. The Morgan fingerprint density at radius 2 is 1.91 bits per heavy atom. The number of hydrogen-bond acceptors (Lipinski definition) is 2. The first-order chi connectivity index (χ1) is 11.0. The Kier molecular flexibility index (Phi) is 6.05. The quantitative estimate of drug-likeness (QED) is 0.742. The summed E-state index contributed by atoms with van der Waals surface area (Å²) in [4.78, 5) is 26.6. The number of halogens is 1. The molecule has 5 heteroatoms. The molecule has 1 fully saturated rings. The number of carbonyl (C=O) groups is 2. The van der Waals surface area contributed by atoms with Crippen molar-refractivity contribution < 1.29 is 9.59 Å². The Morgan fingerprint density at radius 1 is 1.26 bits per heavy atom. The summed E-state index contributed by atoms with van der Waals surface area (Å²) in [6, 6.07) is 7.58. The van der Waals surface area contributed by atoms with E-state index in [0.29, 0.717) is 24.4 Å². The highest BCUT2D eigenvalue weighted by atomic mass is 35.5. The maximum atomic E-state index is 12.5. The number of nitrogens with one attached hydrogen (secondary N) is 1. The van der Waals surface area contributed by atoms with Crippen LogP contribution in [-0.2, 0) is 16.0 Å². The van der Waals surface area contributed by atoms with E-state index in [1.165, 1.54) is 0 Å². The first-order valence-electron chi connectivity index (χ1n) is 8.28. The van der Waals surface area contributed by atoms with Crippen LogP contribution in [0.25, 0.3) is 0 Å². The molecule has 126 valence electrons. The van der Waals surface area contributed by atoms with E-state index in [1.807, 2.05) is 24.3 Å². The van der Waals surface area contributed by atoms with Crippen LogP contribution in [0, 0.1) is 5.41 Å². The van der Waals surface area contributed by atoms with Gasteiger partial charge in [0.05, 0.1) is 0 Å². The highest BCUT2D eigenvalue weighted by Crippen LogP contribution is 2.47. The number of nitrogens with zero attached hydrogens (tertiary/aromatic N) is 1. The molecule has 0 radical (unpaired) electrons. The van der Waals surface area contributed by atoms with E-state index in [9.17, 15) is 9.59 Å². The van der Waals surface area contributed by atoms with Crippen LogP contribution >= 0.6 is 11.6 Å². The second kappa shape index (κ2) is 7.82. The molecule has 0 spiro atoms. The Labute approximate surface area is 143 Å². The van der Waals surface area contributed by atoms with Crippen LogP contribution in [-0.4, -0.2) is 36.9 Å². The maximum Gasteiger partial charge on any atom is 0.238 e. The van der Waals surface area contributed by atoms with Gasteiger partial charge in [0.2, 0.25) is 11.8 Å². The largest absolute Gasteiger partial charge is 0.355 e. The van der Waals surface area contributed by atoms with E-state index in [4.69, 9.17) is 11.6 Å². The smallest absolute Gasteiger partial charge is 0.238 e. The molecule has 0 aromatic heterocycles. The lowest BCUT2D eigenvalue weighted by atomic mass is 10.0. The number of benzene rings is 1. The van der Waals surface area contributed by atoms with Crippen molar-refractivity contribution in [2.45, 2.75) is 39.0 Å². The topological polar surface area (TPSA) is 49.4 Å². The van der Waals surface area contributed by atoms with Crippen molar-refractivity contribution >= 4 is 23.4 Å². The third-order valence-corrected chi connectivity index (χ3v) is 4.65. The first kappa shape index (κ1) is 17.8. The normalized spacial score (nSPS) is 15.1. The molecule has 2 amide bonds. The molecule has 0 atom stereocenters. The van der Waals surface area contributed by atoms with Crippen LogP contribution in [0.2, 0.25) is 5.02 Å². The molecule has 1 N–H and O–H groups in total. The number of amides is 2. The molecule has 0 aliphatic heterocycles. The second-order valence-electron chi connectivity index (χ2n) is 6.29. The maximum absolute atomic E-state index is 12.5. The standard InChI is InChI=1S/C18H25ClN2O2/c1-3-4-13-21(2)17(23)18(10-11-18)16(22)20-12-9-14-5-7-15(19)8-6-14/h5-8H,3-4,9-13H2,1-2H3,(H,20,22). The fourth-order valence-corrected chi connectivity index (χ4v) is 2.79. The van der Waals surface area contributed by atoms with Gasteiger partial charge in [-0.05, 0) is 43.4 Å². The molecule has 1 aromatic carbocycles. The average Bonchev–Trinajstić information content (AvgIpc) is 3.35. The zero-order valence-corrected chi connectivity index (χ0v) is 14.7. The zero-order chi connectivity index (χ0) is 16.9. The number of carbonyl (C=O) groups excluding carboxylic acids is 2. The van der Waals surface area contributed by atoms with E-state index in [2.05, 4.69) is 12.2 Å². The van der Waals surface area contributed by atoms with Crippen molar-refractivity contribution in [2.24, 2.45) is 5.41 Å². The summed E-state index contributed by atoms with van der Waals surface area (Å²) >= 11 is 5.85. The van der Waals surface area contributed by atoms with Crippen molar-refractivity contribution in [3.63, 3.8) is 0 Å². The summed E-state index contributed by atoms with van der Waals surface area (Å²) in [5.74, 6) is -0.158. The first-order valence-corrected chi connectivity index (χ1v) is 8.65. The average molecular weight is 337 g/mol. The Balaban J connectivity index is 1.82. The molecule has 1 aliphatic rings. The van der Waals surface area contributed by atoms with Crippen LogP contribution < -0.4 is 5.32 Å². The van der Waals surface area contributed by atoms with Gasteiger partial charge in [-0.3, -0.25) is 9.59 Å². The van der Waals surface area contributed by atoms with Gasteiger partial charge < -0.3 is 10.2 Å². The van der Waals surface area contributed by atoms with Crippen LogP contribution in [0.4, 0.5) is 0 Å². The molecule has 0 unspecified atom stereocenters. The van der Waals surface area contributed by atoms with Gasteiger partial charge in [-0.2, -0.15) is 0 Å². The number of rotatable bonds is 8. The van der Waals surface area contributed by atoms with E-state index in [1.54, 1.807) is 11.9 Å². The minimum atomic E-state index is -0.803. The van der Waals surface area contributed by atoms with Crippen LogP contribution in [0.1, 0.15) is 38.2 Å². The monoisotopic (exact) mass is 336 g/mol. The lowest BCUT2D eigenvalue weighted by Crippen LogP contribution is -2.44. The van der Waals surface area contributed by atoms with E-state index in [0.717, 1.165) is 31.4 Å². The molecule has 23 heavy (non-hydrogen) atoms. The predicted octanol–water partition coefficient (Wildman–Crippen LogP) is 3.04. The highest BCUT2D eigenvalue weighted by molar-refractivity contribution is 6.30. The number of unbranched alkanes of at least 4 members (excludes halogenated alkanes) is 1. The van der Waals surface area contributed by atoms with Crippen molar-refractivity contribution in [1.82, 2.24) is 10.2 Å². The third kappa shape index (κ3) is 4.47. The minimum Gasteiger partial charge on any atom is -0.355 e. The predicted molar refractivity (Wildman–Crippen MR) is 92.4 cm³/mol. The van der Waals surface area contributed by atoms with Gasteiger partial charge in [0.1, 0.15) is 5.41 Å². The van der Waals surface area contributed by atoms with Gasteiger partial charge >= 0.3 is 0 Å². The van der Waals surface area contributed by atoms with Gasteiger partial charge in [0, 0.05) is 25.2 Å². The molecule has 0 heterocycles. The van der Waals surface area contributed by atoms with Crippen LogP contribution in [0.3, 0.4) is 0 Å². The lowest BCUT2D eigenvalue weighted by Gasteiger charge is -2.23. The van der Waals surface area contributed by atoms with E-state index in [-0.39, 0.29) is 11.8 Å². The van der Waals surface area contributed by atoms with Crippen molar-refractivity contribution in [1.29, 1.82) is 0 Å². The molecule has 1 aliphatic carbocycles. The van der Waals surface area contributed by atoms with Gasteiger partial charge in [-0.15, -0.1) is 0 Å². The lowest BCUT2D eigenvalue weighted by molar-refractivity contribution is -0.143. The summed E-state index contributed by atoms with van der Waals surface area (Å²) < 4.78 is 0. The van der Waals surface area contributed by atoms with Gasteiger partial charge in [-0.1, -0.05) is 37.1 Å². The molecular formula is C18H25ClN2O2. The molecule has 2 rings (SSSR count). The fraction of sp³-hybridized carbons (Fsp3) is 0.556. The van der Waals surface area contributed by atoms with E-state index < -0.39 is 5.41 Å². The number of hydrogen-bond donors (Lipinski definition) is 1. The molecule has 1 saturated carbocycles. The summed E-state index contributed by atoms with van der Waals surface area (Å²) in [6.45, 7) is 3.35. The van der Waals surface area contributed by atoms with Crippen LogP contribution in [0.15, 0.2) is 24.3 Å². The summed E-state index contributed by atoms with van der Waals surface area (Å²) in [5.41, 5.74) is 0.314. The Morgan fingerprint density at radius 3 is 2.48 bits per heavy atom. The molecule has 4 nitrogen and oxygen atoms in total. The van der Waals surface area contributed by atoms with E-state index >= 15 is 0 Å². The van der Waals surface area contributed by atoms with Gasteiger partial charge in [0.15, 0.2) is 0 Å². The van der Waals surface area contributed by atoms with Crippen molar-refractivity contribution in [3.05, 3.63) is 34.9 Å². The van der Waals surface area contributed by atoms with Gasteiger partial charge in [0.25, 0.3) is 0 Å². The summed E-state index contributed by atoms with van der Waals surface area (Å²) in [5, 5.41) is 3.63. The molecule has 1 aromatic rings. The summed E-state index contributed by atoms with van der Waals surface area (Å²) in [7, 11) is 1.79. The second-order valence-corrected chi connectivity index (χ2v) is 6.73. The SMILES string of the molecule is CCCCN(C)C(=O)C1(C(=O)NCCc2ccc(Cl)cc2)CC1. The molecule has 0 bridgehead atoms. The highest BCUT2D eigenvalue weighted by Gasteiger charge is 2.57. The Hall–Kier alpha value is -1.55. The van der Waals surface area contributed by atoms with Gasteiger partial charge in [-0.25, -0.2) is 0 Å². The Bertz CT molecular complexity index is 553. The minimum absolute atomic E-state index is 0.0325. The third-order valence-electron chi connectivity index (χ3n) is 4.40. The van der Waals surface area contributed by atoms with Crippen molar-refractivity contribution in [3.8, 4) is 0 Å². The zero-order valence-electron chi connectivity index (χ0n) is 13.9. The summed E-state index contributed by atoms with van der Waals surface area (Å²) in [6.07, 6.45) is 4.07. The van der Waals surface area contributed by atoms with Crippen LogP contribution in [0.5, 0.6) is 0 Å². The van der Waals surface area contributed by atoms with Crippen molar-refractivity contribution in [2.75, 3.05) is 20.1 Å².